The fraction of sp³-hybridized carbons (Fsp3) is 0.636. The predicted octanol–water partition coefficient (Wildman–Crippen LogP) is 2.78. The van der Waals surface area contributed by atoms with Gasteiger partial charge in [0.05, 0.1) is 0 Å². The number of nitrogens with one attached hydrogen (secondary N) is 1. The van der Waals surface area contributed by atoms with E-state index in [0.29, 0.717) is 18.4 Å². The maximum Gasteiger partial charge on any atom is 0.451 e. The number of hydrogen-bond donors (Lipinski definition) is 2. The molecule has 7 heteroatoms. The zero-order chi connectivity index (χ0) is 13.9. The second-order valence-corrected chi connectivity index (χ2v) is 4.60. The van der Waals surface area contributed by atoms with E-state index in [2.05, 4.69) is 15.3 Å². The number of aromatic nitrogens is 2. The molecule has 3 N–H and O–H groups in total. The Morgan fingerprint density at radius 1 is 1.28 bits per heavy atom. The van der Waals surface area contributed by atoms with E-state index in [1.54, 1.807) is 0 Å². The first-order chi connectivity index (χ1) is 8.20. The lowest BCUT2D eigenvalue weighted by molar-refractivity contribution is -0.144. The number of alkyl halides is 3. The van der Waals surface area contributed by atoms with E-state index in [1.807, 2.05) is 20.8 Å². The Hall–Kier alpha value is -1.53. The van der Waals surface area contributed by atoms with Gasteiger partial charge in [-0.2, -0.15) is 13.2 Å². The molecule has 102 valence electrons. The van der Waals surface area contributed by atoms with Gasteiger partial charge >= 0.3 is 6.18 Å². The molecule has 0 aliphatic carbocycles. The van der Waals surface area contributed by atoms with Crippen LogP contribution in [0.3, 0.4) is 0 Å². The van der Waals surface area contributed by atoms with Crippen LogP contribution in [0.2, 0.25) is 0 Å². The van der Waals surface area contributed by atoms with Crippen LogP contribution in [0.4, 0.5) is 24.8 Å². The third-order valence-corrected chi connectivity index (χ3v) is 2.74. The molecule has 0 aromatic carbocycles. The number of nitrogens with zero attached hydrogens (tertiary/aromatic N) is 2. The second-order valence-electron chi connectivity index (χ2n) is 4.60. The summed E-state index contributed by atoms with van der Waals surface area (Å²) in [5.74, 6) is -0.573. The van der Waals surface area contributed by atoms with Crippen molar-refractivity contribution in [2.75, 3.05) is 17.6 Å². The summed E-state index contributed by atoms with van der Waals surface area (Å²) in [6, 6.07) is 1.29. The van der Waals surface area contributed by atoms with E-state index in [1.165, 1.54) is 6.07 Å². The number of hydrogen-bond acceptors (Lipinski definition) is 4. The molecule has 0 radical (unpaired) electrons. The molecule has 18 heavy (non-hydrogen) atoms. The normalized spacial score (nSPS) is 13.7. The molecule has 1 aromatic heterocycles. The van der Waals surface area contributed by atoms with Gasteiger partial charge in [-0.15, -0.1) is 0 Å². The van der Waals surface area contributed by atoms with Crippen molar-refractivity contribution in [3.05, 3.63) is 11.9 Å². The minimum absolute atomic E-state index is 0.0994. The Morgan fingerprint density at radius 2 is 1.89 bits per heavy atom. The van der Waals surface area contributed by atoms with E-state index in [9.17, 15) is 13.2 Å². The predicted molar refractivity (Wildman–Crippen MR) is 63.9 cm³/mol. The van der Waals surface area contributed by atoms with Crippen molar-refractivity contribution < 1.29 is 13.2 Å². The van der Waals surface area contributed by atoms with E-state index in [-0.39, 0.29) is 11.6 Å². The molecule has 1 heterocycles. The third kappa shape index (κ3) is 4.05. The zero-order valence-electron chi connectivity index (χ0n) is 10.5. The molecule has 1 unspecified atom stereocenters. The van der Waals surface area contributed by atoms with Gasteiger partial charge in [0, 0.05) is 12.6 Å². The van der Waals surface area contributed by atoms with Crippen molar-refractivity contribution in [1.29, 1.82) is 0 Å². The van der Waals surface area contributed by atoms with Gasteiger partial charge in [0.1, 0.15) is 11.6 Å². The lowest BCUT2D eigenvalue weighted by atomic mass is 9.98. The van der Waals surface area contributed by atoms with Crippen LogP contribution in [0.15, 0.2) is 6.07 Å². The van der Waals surface area contributed by atoms with Gasteiger partial charge in [0.2, 0.25) is 5.82 Å². The van der Waals surface area contributed by atoms with Crippen molar-refractivity contribution in [3.63, 3.8) is 0 Å². The van der Waals surface area contributed by atoms with E-state index >= 15 is 0 Å². The lowest BCUT2D eigenvalue weighted by Gasteiger charge is -2.17. The molecule has 0 saturated heterocycles. The van der Waals surface area contributed by atoms with Crippen molar-refractivity contribution in [3.8, 4) is 0 Å². The average Bonchev–Trinajstić information content (AvgIpc) is 2.23. The van der Waals surface area contributed by atoms with E-state index in [0.717, 1.165) is 0 Å². The molecular weight excluding hydrogens is 245 g/mol. The van der Waals surface area contributed by atoms with Gasteiger partial charge in [-0.25, -0.2) is 9.97 Å². The number of halogens is 3. The number of nitrogen functional groups attached to an aromatic ring is 1. The average molecular weight is 262 g/mol. The zero-order valence-corrected chi connectivity index (χ0v) is 10.5. The number of anilines is 2. The highest BCUT2D eigenvalue weighted by molar-refractivity contribution is 5.44. The van der Waals surface area contributed by atoms with Crippen LogP contribution in [0.5, 0.6) is 0 Å². The van der Waals surface area contributed by atoms with Crippen LogP contribution in [-0.4, -0.2) is 16.5 Å². The van der Waals surface area contributed by atoms with Crippen LogP contribution in [0.25, 0.3) is 0 Å². The van der Waals surface area contributed by atoms with Crippen LogP contribution in [0, 0.1) is 11.8 Å². The van der Waals surface area contributed by atoms with E-state index in [4.69, 9.17) is 5.73 Å². The van der Waals surface area contributed by atoms with Crippen molar-refractivity contribution in [2.45, 2.75) is 26.9 Å². The van der Waals surface area contributed by atoms with Gasteiger partial charge in [-0.05, 0) is 11.8 Å². The number of rotatable bonds is 4. The van der Waals surface area contributed by atoms with Gasteiger partial charge < -0.3 is 11.1 Å². The van der Waals surface area contributed by atoms with Crippen molar-refractivity contribution in [1.82, 2.24) is 9.97 Å². The van der Waals surface area contributed by atoms with Crippen LogP contribution in [0.1, 0.15) is 26.6 Å². The van der Waals surface area contributed by atoms with Crippen molar-refractivity contribution in [2.24, 2.45) is 11.8 Å². The summed E-state index contributed by atoms with van der Waals surface area (Å²) in [6.45, 7) is 6.63. The van der Waals surface area contributed by atoms with Gasteiger partial charge in [-0.1, -0.05) is 20.8 Å². The Labute approximate surface area is 104 Å². The Bertz CT molecular complexity index is 404. The largest absolute Gasteiger partial charge is 0.451 e. The van der Waals surface area contributed by atoms with E-state index < -0.39 is 12.0 Å². The summed E-state index contributed by atoms with van der Waals surface area (Å²) in [7, 11) is 0. The highest BCUT2D eigenvalue weighted by Gasteiger charge is 2.35. The fourth-order valence-electron chi connectivity index (χ4n) is 1.18. The molecule has 1 aromatic rings. The van der Waals surface area contributed by atoms with Gasteiger partial charge in [-0.3, -0.25) is 0 Å². The molecule has 0 saturated carbocycles. The molecule has 1 rings (SSSR count). The summed E-state index contributed by atoms with van der Waals surface area (Å²) < 4.78 is 37.4. The highest BCUT2D eigenvalue weighted by Crippen LogP contribution is 2.27. The first kappa shape index (κ1) is 14.5. The summed E-state index contributed by atoms with van der Waals surface area (Å²) >= 11 is 0. The molecular formula is C11H17F3N4. The Kier molecular flexibility index (Phi) is 4.37. The second kappa shape index (κ2) is 5.41. The van der Waals surface area contributed by atoms with Crippen LogP contribution < -0.4 is 11.1 Å². The maximum absolute atomic E-state index is 12.5. The molecule has 0 amide bonds. The molecule has 0 aliphatic rings. The molecule has 1 atom stereocenters. The first-order valence-electron chi connectivity index (χ1n) is 5.65. The van der Waals surface area contributed by atoms with Gasteiger partial charge in [0.25, 0.3) is 0 Å². The summed E-state index contributed by atoms with van der Waals surface area (Å²) in [5.41, 5.74) is 5.33. The molecule has 0 bridgehead atoms. The monoisotopic (exact) mass is 262 g/mol. The van der Waals surface area contributed by atoms with Crippen LogP contribution >= 0.6 is 0 Å². The quantitative estimate of drug-likeness (QED) is 0.875. The first-order valence-corrected chi connectivity index (χ1v) is 5.65. The summed E-state index contributed by atoms with van der Waals surface area (Å²) in [6.07, 6.45) is -4.59. The fourth-order valence-corrected chi connectivity index (χ4v) is 1.18. The summed E-state index contributed by atoms with van der Waals surface area (Å²) in [4.78, 5) is 6.58. The van der Waals surface area contributed by atoms with Crippen molar-refractivity contribution >= 4 is 11.6 Å². The van der Waals surface area contributed by atoms with Gasteiger partial charge in [0.15, 0.2) is 0 Å². The smallest absolute Gasteiger partial charge is 0.384 e. The molecule has 0 spiro atoms. The summed E-state index contributed by atoms with van der Waals surface area (Å²) in [5, 5.41) is 2.85. The minimum atomic E-state index is -4.59. The van der Waals surface area contributed by atoms with Crippen LogP contribution in [-0.2, 0) is 6.18 Å². The minimum Gasteiger partial charge on any atom is -0.384 e. The molecule has 0 fully saturated rings. The third-order valence-electron chi connectivity index (χ3n) is 2.74. The number of nitrogens with two attached hydrogens (primary N) is 1. The Morgan fingerprint density at radius 3 is 2.39 bits per heavy atom. The lowest BCUT2D eigenvalue weighted by Crippen LogP contribution is -2.19. The molecule has 4 nitrogen and oxygen atoms in total. The Balaban J connectivity index is 2.81. The topological polar surface area (TPSA) is 63.8 Å². The standard InChI is InChI=1S/C11H17F3N4/c1-6(2)7(3)5-16-9-4-8(15)17-10(18-9)11(12,13)14/h4,6-7H,5H2,1-3H3,(H3,15,16,17,18). The SMILES string of the molecule is CC(C)C(C)CNc1cc(N)nc(C(F)(F)F)n1. The highest BCUT2D eigenvalue weighted by atomic mass is 19.4. The maximum atomic E-state index is 12.5. The molecule has 0 aliphatic heterocycles.